The van der Waals surface area contributed by atoms with Gasteiger partial charge in [-0.15, -0.1) is 0 Å². The van der Waals surface area contributed by atoms with Crippen molar-refractivity contribution in [3.05, 3.63) is 60.7 Å². The molecular formula is C19H25O2P. The Balaban J connectivity index is 2.05. The van der Waals surface area contributed by atoms with Gasteiger partial charge in [0.25, 0.3) is 0 Å². The van der Waals surface area contributed by atoms with E-state index in [1.54, 1.807) is 0 Å². The Hall–Kier alpha value is -1.21. The van der Waals surface area contributed by atoms with Crippen LogP contribution in [0.25, 0.3) is 0 Å². The summed E-state index contributed by atoms with van der Waals surface area (Å²) in [5.74, 6) is 0. The molecule has 0 radical (unpaired) electrons. The fourth-order valence-electron chi connectivity index (χ4n) is 3.43. The van der Waals surface area contributed by atoms with Gasteiger partial charge in [0.05, 0.1) is 0 Å². The number of benzene rings is 2. The Morgan fingerprint density at radius 2 is 1.45 bits per heavy atom. The standard InChI is InChI=1S/C19H25O2P/c1-22(2,18-9-5-3-6-10-18,19-11-7-4-8-12-19)15-17-13-14-20-16-21-17/h3-12,17H,13-16H2,1-2H3. The third-order valence-electron chi connectivity index (χ3n) is 4.89. The van der Waals surface area contributed by atoms with E-state index in [4.69, 9.17) is 9.47 Å². The molecule has 118 valence electrons. The van der Waals surface area contributed by atoms with E-state index >= 15 is 0 Å². The van der Waals surface area contributed by atoms with Gasteiger partial charge in [-0.05, 0) is 0 Å². The first kappa shape index (κ1) is 15.7. The van der Waals surface area contributed by atoms with Crippen LogP contribution >= 0.6 is 6.60 Å². The van der Waals surface area contributed by atoms with Gasteiger partial charge in [-0.25, -0.2) is 0 Å². The molecule has 0 bridgehead atoms. The van der Waals surface area contributed by atoms with E-state index in [-0.39, 0.29) is 6.10 Å². The maximum absolute atomic E-state index is 5.89. The van der Waals surface area contributed by atoms with Crippen LogP contribution in [0.3, 0.4) is 0 Å². The molecule has 22 heavy (non-hydrogen) atoms. The van der Waals surface area contributed by atoms with Gasteiger partial charge in [0, 0.05) is 0 Å². The van der Waals surface area contributed by atoms with E-state index in [0.717, 1.165) is 19.2 Å². The molecule has 1 aliphatic rings. The van der Waals surface area contributed by atoms with E-state index in [1.165, 1.54) is 10.6 Å². The number of rotatable bonds is 4. The molecule has 2 aromatic rings. The van der Waals surface area contributed by atoms with Crippen molar-refractivity contribution >= 4 is 17.2 Å². The van der Waals surface area contributed by atoms with E-state index in [1.807, 2.05) is 0 Å². The van der Waals surface area contributed by atoms with Gasteiger partial charge in [0.2, 0.25) is 0 Å². The number of hydrogen-bond donors (Lipinski definition) is 0. The summed E-state index contributed by atoms with van der Waals surface area (Å²) in [6.07, 6.45) is 2.34. The van der Waals surface area contributed by atoms with Crippen molar-refractivity contribution in [1.29, 1.82) is 0 Å². The summed E-state index contributed by atoms with van der Waals surface area (Å²) < 4.78 is 11.2. The average Bonchev–Trinajstić information content (AvgIpc) is 2.57. The van der Waals surface area contributed by atoms with E-state index in [9.17, 15) is 0 Å². The van der Waals surface area contributed by atoms with Crippen molar-refractivity contribution in [1.82, 2.24) is 0 Å². The first-order valence-electron chi connectivity index (χ1n) is 7.90. The van der Waals surface area contributed by atoms with Gasteiger partial charge in [0.15, 0.2) is 0 Å². The maximum atomic E-state index is 5.89. The van der Waals surface area contributed by atoms with Gasteiger partial charge in [-0.2, -0.15) is 0 Å². The zero-order valence-corrected chi connectivity index (χ0v) is 14.3. The molecule has 1 heterocycles. The van der Waals surface area contributed by atoms with E-state index in [0.29, 0.717) is 6.79 Å². The van der Waals surface area contributed by atoms with Crippen LogP contribution in [0.15, 0.2) is 60.7 Å². The van der Waals surface area contributed by atoms with Crippen LogP contribution in [0.2, 0.25) is 0 Å². The minimum absolute atomic E-state index is 0.279. The van der Waals surface area contributed by atoms with Crippen LogP contribution in [-0.4, -0.2) is 39.0 Å². The Labute approximate surface area is 133 Å². The fraction of sp³-hybridized carbons (Fsp3) is 0.368. The summed E-state index contributed by atoms with van der Waals surface area (Å²) in [7, 11) is 0. The summed E-state index contributed by atoms with van der Waals surface area (Å²) >= 11 is 0. The molecule has 3 rings (SSSR count). The Morgan fingerprint density at radius 1 is 0.909 bits per heavy atom. The summed E-state index contributed by atoms with van der Waals surface area (Å²) in [6.45, 7) is 3.91. The Morgan fingerprint density at radius 3 is 1.91 bits per heavy atom. The molecule has 0 amide bonds. The SMILES string of the molecule is CP(C)(CC1CCOCO1)(c1ccccc1)c1ccccc1. The average molecular weight is 316 g/mol. The van der Waals surface area contributed by atoms with Crippen molar-refractivity contribution in [2.24, 2.45) is 0 Å². The minimum atomic E-state index is -2.26. The molecule has 0 N–H and O–H groups in total. The van der Waals surface area contributed by atoms with Crippen molar-refractivity contribution in [3.63, 3.8) is 0 Å². The first-order valence-corrected chi connectivity index (χ1v) is 11.2. The topological polar surface area (TPSA) is 18.5 Å². The second-order valence-corrected chi connectivity index (χ2v) is 13.1. The molecule has 1 atom stereocenters. The molecule has 0 aromatic heterocycles. The van der Waals surface area contributed by atoms with Gasteiger partial charge in [0.1, 0.15) is 0 Å². The predicted octanol–water partition coefficient (Wildman–Crippen LogP) is 3.21. The molecule has 0 spiro atoms. The Kier molecular flexibility index (Phi) is 4.36. The van der Waals surface area contributed by atoms with E-state index in [2.05, 4.69) is 74.0 Å². The molecule has 3 heteroatoms. The fourth-order valence-corrected chi connectivity index (χ4v) is 7.91. The van der Waals surface area contributed by atoms with Crippen LogP contribution in [-0.2, 0) is 9.47 Å². The molecule has 2 nitrogen and oxygen atoms in total. The normalized spacial score (nSPS) is 21.0. The quantitative estimate of drug-likeness (QED) is 0.807. The van der Waals surface area contributed by atoms with Crippen molar-refractivity contribution in [2.45, 2.75) is 12.5 Å². The molecule has 1 aliphatic heterocycles. The Bertz CT molecular complexity index is 560. The van der Waals surface area contributed by atoms with Crippen LogP contribution in [0.4, 0.5) is 0 Å². The summed E-state index contributed by atoms with van der Waals surface area (Å²) in [5, 5.41) is 2.91. The second-order valence-electron chi connectivity index (χ2n) is 6.86. The molecule has 2 aromatic carbocycles. The molecule has 1 saturated heterocycles. The van der Waals surface area contributed by atoms with Crippen molar-refractivity contribution < 1.29 is 9.47 Å². The van der Waals surface area contributed by atoms with E-state index < -0.39 is 6.60 Å². The molecule has 0 saturated carbocycles. The zero-order chi connectivity index (χ0) is 15.5. The van der Waals surface area contributed by atoms with Gasteiger partial charge < -0.3 is 0 Å². The molecule has 1 fully saturated rings. The van der Waals surface area contributed by atoms with Crippen LogP contribution < -0.4 is 10.6 Å². The monoisotopic (exact) mass is 316 g/mol. The van der Waals surface area contributed by atoms with Crippen molar-refractivity contribution in [2.75, 3.05) is 32.9 Å². The third-order valence-corrected chi connectivity index (χ3v) is 10.3. The van der Waals surface area contributed by atoms with Crippen molar-refractivity contribution in [3.8, 4) is 0 Å². The molecular weight excluding hydrogens is 291 g/mol. The number of hydrogen-bond acceptors (Lipinski definition) is 2. The zero-order valence-electron chi connectivity index (χ0n) is 13.4. The second kappa shape index (κ2) is 6.12. The van der Waals surface area contributed by atoms with Crippen LogP contribution in [0.1, 0.15) is 6.42 Å². The third kappa shape index (κ3) is 2.96. The summed E-state index contributed by atoms with van der Waals surface area (Å²) in [5.41, 5.74) is 0. The predicted molar refractivity (Wildman–Crippen MR) is 96.1 cm³/mol. The summed E-state index contributed by atoms with van der Waals surface area (Å²) in [4.78, 5) is 0. The van der Waals surface area contributed by atoms with Crippen LogP contribution in [0.5, 0.6) is 0 Å². The van der Waals surface area contributed by atoms with Crippen LogP contribution in [0, 0.1) is 0 Å². The molecule has 0 aliphatic carbocycles. The van der Waals surface area contributed by atoms with Gasteiger partial charge >= 0.3 is 133 Å². The van der Waals surface area contributed by atoms with Gasteiger partial charge in [-0.3, -0.25) is 0 Å². The van der Waals surface area contributed by atoms with Gasteiger partial charge in [-0.1, -0.05) is 0 Å². The summed E-state index contributed by atoms with van der Waals surface area (Å²) in [6, 6.07) is 21.9. The number of ether oxygens (including phenoxy) is 2. The first-order chi connectivity index (χ1) is 10.6. The molecule has 1 unspecified atom stereocenters.